The minimum atomic E-state index is -0.263. The van der Waals surface area contributed by atoms with Gasteiger partial charge < -0.3 is 23.7 Å². The molecular formula is C24H21N5O5S3. The summed E-state index contributed by atoms with van der Waals surface area (Å²) in [6.45, 7) is 2.50. The molecule has 0 aliphatic heterocycles. The third-order valence-corrected chi connectivity index (χ3v) is 7.49. The molecule has 10 nitrogen and oxygen atoms in total. The molecule has 13 heteroatoms. The van der Waals surface area contributed by atoms with E-state index < -0.39 is 0 Å². The standard InChI is InChI=1S/C24H21N5O5S3/c1-4-33-14-10-8-13(9-11-14)29-21-19(37-24(29)35)22(30)27-23(26-21)36-12-17-25-20(28-34-17)15-6-5-7-16(31-2)18(15)32-3/h5-11H,4,12H2,1-3H3,(H,26,27,30). The van der Waals surface area contributed by atoms with Gasteiger partial charge in [-0.3, -0.25) is 9.36 Å². The van der Waals surface area contributed by atoms with Crippen LogP contribution in [0.4, 0.5) is 0 Å². The zero-order chi connectivity index (χ0) is 25.9. The summed E-state index contributed by atoms with van der Waals surface area (Å²) in [6.07, 6.45) is 0. The van der Waals surface area contributed by atoms with Gasteiger partial charge in [-0.25, -0.2) is 4.98 Å². The highest BCUT2D eigenvalue weighted by Crippen LogP contribution is 2.36. The first kappa shape index (κ1) is 25.0. The number of benzene rings is 2. The van der Waals surface area contributed by atoms with E-state index in [4.69, 9.17) is 31.0 Å². The summed E-state index contributed by atoms with van der Waals surface area (Å²) in [5, 5.41) is 4.48. The molecule has 0 fully saturated rings. The molecule has 0 bridgehead atoms. The lowest BCUT2D eigenvalue weighted by Gasteiger charge is -2.09. The number of hydrogen-bond donors (Lipinski definition) is 1. The Hall–Kier alpha value is -3.68. The number of methoxy groups -OCH3 is 2. The highest BCUT2D eigenvalue weighted by molar-refractivity contribution is 7.98. The van der Waals surface area contributed by atoms with E-state index in [0.29, 0.717) is 60.6 Å². The Morgan fingerprint density at radius 3 is 2.68 bits per heavy atom. The van der Waals surface area contributed by atoms with Gasteiger partial charge in [-0.1, -0.05) is 34.3 Å². The van der Waals surface area contributed by atoms with Crippen molar-refractivity contribution in [1.82, 2.24) is 24.7 Å². The number of para-hydroxylation sites is 1. The van der Waals surface area contributed by atoms with Crippen LogP contribution in [0.3, 0.4) is 0 Å². The SMILES string of the molecule is CCOc1ccc(-n2c(=S)sc3c(=O)[nH]c(SCc4nc(-c5cccc(OC)c5OC)no4)nc32)cc1. The van der Waals surface area contributed by atoms with E-state index in [-0.39, 0.29) is 5.56 Å². The lowest BCUT2D eigenvalue weighted by Crippen LogP contribution is -2.09. The molecule has 1 N–H and O–H groups in total. The van der Waals surface area contributed by atoms with Crippen LogP contribution in [0.15, 0.2) is 56.9 Å². The van der Waals surface area contributed by atoms with Crippen molar-refractivity contribution in [3.63, 3.8) is 0 Å². The number of rotatable bonds is 9. The van der Waals surface area contributed by atoms with E-state index in [1.807, 2.05) is 43.3 Å². The zero-order valence-corrected chi connectivity index (χ0v) is 22.5. The summed E-state index contributed by atoms with van der Waals surface area (Å²) in [4.78, 5) is 24.8. The van der Waals surface area contributed by atoms with Crippen molar-refractivity contribution < 1.29 is 18.7 Å². The molecule has 0 saturated heterocycles. The molecule has 0 saturated carbocycles. The van der Waals surface area contributed by atoms with Gasteiger partial charge in [0, 0.05) is 5.69 Å². The molecule has 5 aromatic rings. The molecular weight excluding hydrogens is 534 g/mol. The van der Waals surface area contributed by atoms with E-state index in [2.05, 4.69) is 20.1 Å². The number of thiazole rings is 1. The Balaban J connectivity index is 1.42. The fourth-order valence-corrected chi connectivity index (χ4v) is 5.63. The predicted molar refractivity (Wildman–Crippen MR) is 144 cm³/mol. The Morgan fingerprint density at radius 1 is 1.14 bits per heavy atom. The second-order valence-corrected chi connectivity index (χ2v) is 10.1. The highest BCUT2D eigenvalue weighted by Gasteiger charge is 2.18. The van der Waals surface area contributed by atoms with Crippen LogP contribution in [0.5, 0.6) is 17.2 Å². The Labute approximate surface area is 224 Å². The van der Waals surface area contributed by atoms with Crippen molar-refractivity contribution in [3.05, 3.63) is 62.7 Å². The van der Waals surface area contributed by atoms with Crippen LogP contribution in [0.1, 0.15) is 12.8 Å². The predicted octanol–water partition coefficient (Wildman–Crippen LogP) is 5.26. The van der Waals surface area contributed by atoms with E-state index in [9.17, 15) is 4.79 Å². The summed E-state index contributed by atoms with van der Waals surface area (Å²) in [6, 6.07) is 12.9. The number of aromatic amines is 1. The van der Waals surface area contributed by atoms with Crippen LogP contribution in [0.2, 0.25) is 0 Å². The molecule has 37 heavy (non-hydrogen) atoms. The van der Waals surface area contributed by atoms with Gasteiger partial charge in [-0.15, -0.1) is 0 Å². The minimum Gasteiger partial charge on any atom is -0.494 e. The number of thioether (sulfide) groups is 1. The Morgan fingerprint density at radius 2 is 1.95 bits per heavy atom. The van der Waals surface area contributed by atoms with Gasteiger partial charge in [0.15, 0.2) is 26.3 Å². The first-order valence-electron chi connectivity index (χ1n) is 11.1. The van der Waals surface area contributed by atoms with Crippen LogP contribution in [-0.2, 0) is 5.75 Å². The smallest absolute Gasteiger partial charge is 0.271 e. The average Bonchev–Trinajstić information content (AvgIpc) is 3.52. The number of nitrogens with one attached hydrogen (secondary N) is 1. The fourth-order valence-electron chi connectivity index (χ4n) is 3.66. The second kappa shape index (κ2) is 10.7. The van der Waals surface area contributed by atoms with Crippen LogP contribution in [0.25, 0.3) is 27.4 Å². The quantitative estimate of drug-likeness (QED) is 0.147. The van der Waals surface area contributed by atoms with Crippen LogP contribution >= 0.6 is 35.3 Å². The first-order chi connectivity index (χ1) is 18.0. The number of aromatic nitrogens is 5. The third-order valence-electron chi connectivity index (χ3n) is 5.27. The number of ether oxygens (including phenoxy) is 3. The maximum Gasteiger partial charge on any atom is 0.271 e. The summed E-state index contributed by atoms with van der Waals surface area (Å²) in [5.74, 6) is 2.85. The van der Waals surface area contributed by atoms with Crippen molar-refractivity contribution >= 4 is 45.7 Å². The van der Waals surface area contributed by atoms with Crippen LogP contribution in [0, 0.1) is 3.95 Å². The van der Waals surface area contributed by atoms with Gasteiger partial charge >= 0.3 is 0 Å². The highest BCUT2D eigenvalue weighted by atomic mass is 32.2. The molecule has 0 aliphatic carbocycles. The molecule has 0 spiro atoms. The van der Waals surface area contributed by atoms with Gasteiger partial charge in [-0.2, -0.15) is 4.98 Å². The zero-order valence-electron chi connectivity index (χ0n) is 20.0. The summed E-state index contributed by atoms with van der Waals surface area (Å²) in [7, 11) is 3.11. The number of fused-ring (bicyclic) bond motifs is 1. The van der Waals surface area contributed by atoms with E-state index >= 15 is 0 Å². The van der Waals surface area contributed by atoms with Gasteiger partial charge in [0.2, 0.25) is 11.7 Å². The van der Waals surface area contributed by atoms with E-state index in [0.717, 1.165) is 11.4 Å². The molecule has 0 radical (unpaired) electrons. The fraction of sp³-hybridized carbons (Fsp3) is 0.208. The van der Waals surface area contributed by atoms with Crippen molar-refractivity contribution in [2.75, 3.05) is 20.8 Å². The lowest BCUT2D eigenvalue weighted by molar-refractivity contribution is 0.340. The average molecular weight is 556 g/mol. The molecule has 0 aliphatic rings. The van der Waals surface area contributed by atoms with Crippen molar-refractivity contribution in [2.24, 2.45) is 0 Å². The monoisotopic (exact) mass is 555 g/mol. The van der Waals surface area contributed by atoms with E-state index in [1.54, 1.807) is 24.9 Å². The Bertz CT molecular complexity index is 1670. The maximum absolute atomic E-state index is 12.8. The van der Waals surface area contributed by atoms with Crippen molar-refractivity contribution in [2.45, 2.75) is 17.8 Å². The van der Waals surface area contributed by atoms with Crippen molar-refractivity contribution in [3.8, 4) is 34.3 Å². The number of H-pyrrole nitrogens is 1. The second-order valence-electron chi connectivity index (χ2n) is 7.50. The number of hydrogen-bond acceptors (Lipinski definition) is 11. The van der Waals surface area contributed by atoms with Crippen LogP contribution < -0.4 is 19.8 Å². The van der Waals surface area contributed by atoms with Gasteiger partial charge in [0.25, 0.3) is 5.56 Å². The molecule has 5 rings (SSSR count). The van der Waals surface area contributed by atoms with E-state index in [1.165, 1.54) is 23.1 Å². The third kappa shape index (κ3) is 4.97. The number of nitrogens with zero attached hydrogens (tertiary/aromatic N) is 4. The largest absolute Gasteiger partial charge is 0.494 e. The molecule has 2 aromatic carbocycles. The molecule has 3 heterocycles. The summed E-state index contributed by atoms with van der Waals surface area (Å²) < 4.78 is 24.5. The van der Waals surface area contributed by atoms with Crippen LogP contribution in [-0.4, -0.2) is 45.5 Å². The Kier molecular flexibility index (Phi) is 7.26. The molecule has 3 aromatic heterocycles. The topological polar surface area (TPSA) is 117 Å². The summed E-state index contributed by atoms with van der Waals surface area (Å²) in [5.41, 5.74) is 1.66. The lowest BCUT2D eigenvalue weighted by atomic mass is 10.2. The van der Waals surface area contributed by atoms with Gasteiger partial charge in [-0.05, 0) is 55.5 Å². The van der Waals surface area contributed by atoms with Gasteiger partial charge in [0.1, 0.15) is 10.4 Å². The normalized spacial score (nSPS) is 11.1. The summed E-state index contributed by atoms with van der Waals surface area (Å²) >= 11 is 8.03. The molecule has 190 valence electrons. The molecule has 0 amide bonds. The minimum absolute atomic E-state index is 0.263. The maximum atomic E-state index is 12.8. The molecule has 0 atom stereocenters. The van der Waals surface area contributed by atoms with Crippen molar-refractivity contribution in [1.29, 1.82) is 0 Å². The van der Waals surface area contributed by atoms with Gasteiger partial charge in [0.05, 0.1) is 32.1 Å². The molecule has 0 unspecified atom stereocenters. The first-order valence-corrected chi connectivity index (χ1v) is 13.3.